The summed E-state index contributed by atoms with van der Waals surface area (Å²) in [6, 6.07) is 10.6. The molecule has 0 saturated heterocycles. The van der Waals surface area contributed by atoms with E-state index in [2.05, 4.69) is 24.1 Å². The number of hydrogen-bond donors (Lipinski definition) is 1. The lowest BCUT2D eigenvalue weighted by Gasteiger charge is -2.39. The Hall–Kier alpha value is -2.50. The van der Waals surface area contributed by atoms with Crippen LogP contribution in [0.3, 0.4) is 0 Å². The minimum atomic E-state index is -0.695. The number of carbonyl (C=O) groups is 2. The summed E-state index contributed by atoms with van der Waals surface area (Å²) in [6.45, 7) is 7.82. The average Bonchev–Trinajstić information content (AvgIpc) is 2.66. The highest BCUT2D eigenvalue weighted by Gasteiger charge is 2.46. The third-order valence-corrected chi connectivity index (χ3v) is 6.58. The van der Waals surface area contributed by atoms with Crippen molar-refractivity contribution in [2.75, 3.05) is 5.32 Å². The summed E-state index contributed by atoms with van der Waals surface area (Å²) in [5, 5.41) is 3.83. The number of nitrogens with zero attached hydrogens (tertiary/aromatic N) is 2. The van der Waals surface area contributed by atoms with Gasteiger partial charge in [-0.1, -0.05) is 49.2 Å². The number of benzene rings is 1. The van der Waals surface area contributed by atoms with E-state index in [1.54, 1.807) is 24.3 Å². The number of aliphatic imine (C=N–C) groups is 1. The van der Waals surface area contributed by atoms with Crippen molar-refractivity contribution in [1.29, 1.82) is 0 Å². The van der Waals surface area contributed by atoms with Gasteiger partial charge in [-0.25, -0.2) is 4.98 Å². The molecular weight excluding hydrogens is 445 g/mol. The monoisotopic (exact) mass is 469 g/mol. The van der Waals surface area contributed by atoms with E-state index in [1.807, 2.05) is 26.0 Å². The van der Waals surface area contributed by atoms with E-state index in [0.717, 1.165) is 11.4 Å². The van der Waals surface area contributed by atoms with Crippen molar-refractivity contribution in [3.63, 3.8) is 0 Å². The third-order valence-electron chi connectivity index (χ3n) is 6.02. The summed E-state index contributed by atoms with van der Waals surface area (Å²) in [6.07, 6.45) is 1.07. The van der Waals surface area contributed by atoms with Gasteiger partial charge in [0, 0.05) is 45.1 Å². The summed E-state index contributed by atoms with van der Waals surface area (Å²) >= 11 is 12.7. The van der Waals surface area contributed by atoms with Gasteiger partial charge < -0.3 is 5.32 Å². The van der Waals surface area contributed by atoms with Crippen molar-refractivity contribution < 1.29 is 9.59 Å². The van der Waals surface area contributed by atoms with Crippen LogP contribution in [0.4, 0.5) is 5.82 Å². The maximum absolute atomic E-state index is 13.5. The normalized spacial score (nSPS) is 22.3. The second-order valence-electron chi connectivity index (χ2n) is 9.33. The number of hydrogen-bond acceptors (Lipinski definition) is 4. The van der Waals surface area contributed by atoms with E-state index in [0.29, 0.717) is 45.6 Å². The first-order valence-electron chi connectivity index (χ1n) is 10.6. The van der Waals surface area contributed by atoms with Crippen LogP contribution in [-0.2, 0) is 9.59 Å². The van der Waals surface area contributed by atoms with Gasteiger partial charge in [0.2, 0.25) is 5.91 Å². The van der Waals surface area contributed by atoms with E-state index in [1.165, 1.54) is 0 Å². The van der Waals surface area contributed by atoms with Crippen LogP contribution in [0.5, 0.6) is 0 Å². The Morgan fingerprint density at radius 3 is 2.56 bits per heavy atom. The number of pyridine rings is 1. The van der Waals surface area contributed by atoms with Crippen molar-refractivity contribution in [1.82, 2.24) is 4.98 Å². The van der Waals surface area contributed by atoms with Gasteiger partial charge in [0.25, 0.3) is 0 Å². The molecule has 32 heavy (non-hydrogen) atoms. The van der Waals surface area contributed by atoms with Crippen molar-refractivity contribution in [2.45, 2.75) is 46.5 Å². The molecule has 0 spiro atoms. The Labute approximate surface area is 197 Å². The van der Waals surface area contributed by atoms with E-state index in [-0.39, 0.29) is 17.1 Å². The predicted molar refractivity (Wildman–Crippen MR) is 128 cm³/mol. The molecule has 2 heterocycles. The second kappa shape index (κ2) is 8.45. The number of ketones is 1. The average molecular weight is 470 g/mol. The van der Waals surface area contributed by atoms with E-state index >= 15 is 0 Å². The lowest BCUT2D eigenvalue weighted by Crippen LogP contribution is -2.41. The van der Waals surface area contributed by atoms with E-state index < -0.39 is 11.8 Å². The topological polar surface area (TPSA) is 71.4 Å². The highest BCUT2D eigenvalue weighted by molar-refractivity contribution is 6.35. The molecule has 0 radical (unpaired) electrons. The number of amides is 1. The Balaban J connectivity index is 1.83. The molecule has 1 unspecified atom stereocenters. The molecule has 0 saturated carbocycles. The van der Waals surface area contributed by atoms with Crippen LogP contribution in [0.15, 0.2) is 52.7 Å². The van der Waals surface area contributed by atoms with Crippen molar-refractivity contribution in [3.05, 3.63) is 69.0 Å². The molecule has 166 valence electrons. The first-order chi connectivity index (χ1) is 15.1. The molecule has 2 atom stereocenters. The highest BCUT2D eigenvalue weighted by atomic mass is 35.5. The molecule has 0 bridgehead atoms. The molecule has 5 nitrogen and oxygen atoms in total. The van der Waals surface area contributed by atoms with E-state index in [4.69, 9.17) is 28.2 Å². The van der Waals surface area contributed by atoms with Gasteiger partial charge in [-0.3, -0.25) is 14.6 Å². The maximum atomic E-state index is 13.5. The summed E-state index contributed by atoms with van der Waals surface area (Å²) in [4.78, 5) is 36.0. The summed E-state index contributed by atoms with van der Waals surface area (Å²) in [5.41, 5.74) is 3.28. The molecule has 1 amide bonds. The number of carbonyl (C=O) groups excluding carboxylic acids is 2. The van der Waals surface area contributed by atoms with Crippen molar-refractivity contribution >= 4 is 46.4 Å². The summed E-state index contributed by atoms with van der Waals surface area (Å²) in [7, 11) is 0. The molecule has 1 aromatic carbocycles. The minimum absolute atomic E-state index is 0.00926. The lowest BCUT2D eigenvalue weighted by molar-refractivity contribution is -0.119. The van der Waals surface area contributed by atoms with Gasteiger partial charge in [-0.2, -0.15) is 0 Å². The SMILES string of the molecule is CC1=NC2=C(C(=O)CC(C)(C)C2)[C@H](c2ccc(Cl)cc2Cl)C1C(=O)Nc1cccc(C)n1. The molecule has 2 aliphatic rings. The number of anilines is 1. The molecular formula is C25H25Cl2N3O2. The molecule has 1 aliphatic heterocycles. The third kappa shape index (κ3) is 4.37. The van der Waals surface area contributed by atoms with Crippen LogP contribution < -0.4 is 5.32 Å². The first kappa shape index (κ1) is 22.7. The molecule has 1 N–H and O–H groups in total. The van der Waals surface area contributed by atoms with Gasteiger partial charge in [-0.15, -0.1) is 0 Å². The Kier molecular flexibility index (Phi) is 5.99. The van der Waals surface area contributed by atoms with E-state index in [9.17, 15) is 9.59 Å². The Morgan fingerprint density at radius 2 is 1.88 bits per heavy atom. The highest BCUT2D eigenvalue weighted by Crippen LogP contribution is 2.49. The summed E-state index contributed by atoms with van der Waals surface area (Å²) in [5.74, 6) is -1.04. The van der Waals surface area contributed by atoms with Gasteiger partial charge >= 0.3 is 0 Å². The predicted octanol–water partition coefficient (Wildman–Crippen LogP) is 6.15. The quantitative estimate of drug-likeness (QED) is 0.585. The molecule has 4 rings (SSSR count). The second-order valence-corrected chi connectivity index (χ2v) is 10.2. The number of aromatic nitrogens is 1. The largest absolute Gasteiger partial charge is 0.310 e. The van der Waals surface area contributed by atoms with Crippen LogP contribution in [-0.4, -0.2) is 22.4 Å². The van der Waals surface area contributed by atoms with Gasteiger partial charge in [0.15, 0.2) is 5.78 Å². The van der Waals surface area contributed by atoms with Crippen LogP contribution in [0, 0.1) is 18.3 Å². The zero-order valence-electron chi connectivity index (χ0n) is 18.5. The molecule has 1 aromatic heterocycles. The van der Waals surface area contributed by atoms with Crippen molar-refractivity contribution in [3.8, 4) is 0 Å². The number of Topliss-reactive ketones (excluding diaryl/α,β-unsaturated/α-hetero) is 1. The molecule has 2 aromatic rings. The zero-order valence-corrected chi connectivity index (χ0v) is 20.0. The van der Waals surface area contributed by atoms with Gasteiger partial charge in [0.05, 0.1) is 5.92 Å². The minimum Gasteiger partial charge on any atom is -0.310 e. The maximum Gasteiger partial charge on any atom is 0.235 e. The van der Waals surface area contributed by atoms with Gasteiger partial charge in [-0.05, 0) is 55.5 Å². The van der Waals surface area contributed by atoms with Crippen LogP contribution >= 0.6 is 23.2 Å². The fourth-order valence-corrected chi connectivity index (χ4v) is 5.22. The van der Waals surface area contributed by atoms with Gasteiger partial charge in [0.1, 0.15) is 5.82 Å². The number of allylic oxidation sites excluding steroid dienone is 2. The number of halogens is 2. The number of nitrogens with one attached hydrogen (secondary N) is 1. The fourth-order valence-electron chi connectivity index (χ4n) is 4.69. The fraction of sp³-hybridized carbons (Fsp3) is 0.360. The standard InChI is InChI=1S/C25H25Cl2N3O2/c1-13-6-5-7-20(28-13)30-24(32)21-14(2)29-18-11-25(3,4)12-19(31)23(18)22(21)16-9-8-15(26)10-17(16)27/h5-10,21-22H,11-12H2,1-4H3,(H,28,30,32)/t21?,22-/m1/s1. The zero-order chi connectivity index (χ0) is 23.2. The Bertz CT molecular complexity index is 1180. The van der Waals surface area contributed by atoms with Crippen molar-refractivity contribution in [2.24, 2.45) is 16.3 Å². The smallest absolute Gasteiger partial charge is 0.235 e. The number of aryl methyl sites for hydroxylation is 1. The van der Waals surface area contributed by atoms with Crippen LogP contribution in [0.25, 0.3) is 0 Å². The first-order valence-corrected chi connectivity index (χ1v) is 11.3. The Morgan fingerprint density at radius 1 is 1.12 bits per heavy atom. The molecule has 7 heteroatoms. The van der Waals surface area contributed by atoms with Crippen LogP contribution in [0.1, 0.15) is 50.8 Å². The lowest BCUT2D eigenvalue weighted by atomic mass is 9.66. The molecule has 1 aliphatic carbocycles. The summed E-state index contributed by atoms with van der Waals surface area (Å²) < 4.78 is 0. The van der Waals surface area contributed by atoms with Crippen LogP contribution in [0.2, 0.25) is 10.0 Å². The molecule has 0 fully saturated rings. The number of rotatable bonds is 3.